The lowest BCUT2D eigenvalue weighted by Crippen LogP contribution is -2.36. The van der Waals surface area contributed by atoms with E-state index in [0.29, 0.717) is 23.7 Å². The Balaban J connectivity index is 2.02. The summed E-state index contributed by atoms with van der Waals surface area (Å²) in [6.45, 7) is 5.16. The van der Waals surface area contributed by atoms with E-state index in [1.165, 1.54) is 18.9 Å². The van der Waals surface area contributed by atoms with Crippen LogP contribution in [-0.4, -0.2) is 35.1 Å². The van der Waals surface area contributed by atoms with Crippen LogP contribution in [0.2, 0.25) is 0 Å². The van der Waals surface area contributed by atoms with Crippen LogP contribution in [0, 0.1) is 12.8 Å². The van der Waals surface area contributed by atoms with Crippen molar-refractivity contribution in [1.29, 1.82) is 0 Å². The Morgan fingerprint density at radius 3 is 2.60 bits per heavy atom. The van der Waals surface area contributed by atoms with Crippen molar-refractivity contribution in [2.45, 2.75) is 26.7 Å². The molecule has 5 nitrogen and oxygen atoms in total. The smallest absolute Gasteiger partial charge is 0.335 e. The molecule has 0 unspecified atom stereocenters. The summed E-state index contributed by atoms with van der Waals surface area (Å²) in [7, 11) is 0. The fourth-order valence-electron chi connectivity index (χ4n) is 2.15. The maximum atomic E-state index is 12.1. The van der Waals surface area contributed by atoms with E-state index in [2.05, 4.69) is 5.32 Å². The first-order valence-corrected chi connectivity index (χ1v) is 6.91. The summed E-state index contributed by atoms with van der Waals surface area (Å²) in [5, 5.41) is 11.8. The standard InChI is InChI=1S/C15H20N2O3/c1-3-17(9-11-4-5-11)15(20)16-12-6-7-13(14(18)19)10(2)8-12/h6-8,11H,3-5,9H2,1-2H3,(H,16,20)(H,18,19). The maximum Gasteiger partial charge on any atom is 0.335 e. The molecule has 0 aromatic heterocycles. The van der Waals surface area contributed by atoms with Crippen LogP contribution in [-0.2, 0) is 0 Å². The van der Waals surface area contributed by atoms with Crippen LogP contribution in [0.4, 0.5) is 10.5 Å². The molecule has 2 amide bonds. The summed E-state index contributed by atoms with van der Waals surface area (Å²) in [6, 6.07) is 4.71. The molecule has 1 fully saturated rings. The summed E-state index contributed by atoms with van der Waals surface area (Å²) in [5.74, 6) is -0.305. The lowest BCUT2D eigenvalue weighted by molar-refractivity contribution is 0.0696. The zero-order valence-corrected chi connectivity index (χ0v) is 11.8. The van der Waals surface area contributed by atoms with E-state index in [1.54, 1.807) is 24.0 Å². The fourth-order valence-corrected chi connectivity index (χ4v) is 2.15. The maximum absolute atomic E-state index is 12.1. The molecule has 2 rings (SSSR count). The number of aromatic carboxylic acids is 1. The van der Waals surface area contributed by atoms with Gasteiger partial charge in [0.25, 0.3) is 0 Å². The van der Waals surface area contributed by atoms with Gasteiger partial charge in [-0.1, -0.05) is 0 Å². The van der Waals surface area contributed by atoms with Gasteiger partial charge in [0.05, 0.1) is 5.56 Å². The number of urea groups is 1. The highest BCUT2D eigenvalue weighted by Crippen LogP contribution is 2.29. The number of aryl methyl sites for hydroxylation is 1. The highest BCUT2D eigenvalue weighted by atomic mass is 16.4. The van der Waals surface area contributed by atoms with E-state index in [1.807, 2.05) is 6.92 Å². The average molecular weight is 276 g/mol. The molecular weight excluding hydrogens is 256 g/mol. The first-order chi connectivity index (χ1) is 9.51. The molecule has 5 heteroatoms. The fraction of sp³-hybridized carbons (Fsp3) is 0.467. The van der Waals surface area contributed by atoms with Crippen LogP contribution in [0.5, 0.6) is 0 Å². The number of rotatable bonds is 5. The molecule has 0 spiro atoms. The minimum atomic E-state index is -0.954. The van der Waals surface area contributed by atoms with Crippen molar-refractivity contribution in [2.75, 3.05) is 18.4 Å². The summed E-state index contributed by atoms with van der Waals surface area (Å²) < 4.78 is 0. The topological polar surface area (TPSA) is 69.6 Å². The molecule has 1 aromatic rings. The van der Waals surface area contributed by atoms with Crippen molar-refractivity contribution in [1.82, 2.24) is 4.90 Å². The summed E-state index contributed by atoms with van der Waals surface area (Å²) in [6.07, 6.45) is 2.41. The first kappa shape index (κ1) is 14.4. The Kier molecular flexibility index (Phi) is 4.27. The van der Waals surface area contributed by atoms with Gasteiger partial charge in [-0.05, 0) is 56.4 Å². The molecule has 1 saturated carbocycles. The van der Waals surface area contributed by atoms with Crippen LogP contribution in [0.25, 0.3) is 0 Å². The van der Waals surface area contributed by atoms with Gasteiger partial charge in [0.15, 0.2) is 0 Å². The van der Waals surface area contributed by atoms with E-state index in [-0.39, 0.29) is 11.6 Å². The van der Waals surface area contributed by atoms with Crippen molar-refractivity contribution in [2.24, 2.45) is 5.92 Å². The lowest BCUT2D eigenvalue weighted by atomic mass is 10.1. The van der Waals surface area contributed by atoms with Crippen LogP contribution in [0.1, 0.15) is 35.7 Å². The number of nitrogens with zero attached hydrogens (tertiary/aromatic N) is 1. The van der Waals surface area contributed by atoms with E-state index < -0.39 is 5.97 Å². The SMILES string of the molecule is CCN(CC1CC1)C(=O)Nc1ccc(C(=O)O)c(C)c1. The average Bonchev–Trinajstić information content (AvgIpc) is 3.19. The van der Waals surface area contributed by atoms with Gasteiger partial charge in [-0.25, -0.2) is 9.59 Å². The van der Waals surface area contributed by atoms with E-state index in [9.17, 15) is 9.59 Å². The molecule has 1 aliphatic rings. The predicted octanol–water partition coefficient (Wildman–Crippen LogP) is 2.96. The van der Waals surface area contributed by atoms with Gasteiger partial charge in [-0.2, -0.15) is 0 Å². The number of carbonyl (C=O) groups is 2. The monoisotopic (exact) mass is 276 g/mol. The van der Waals surface area contributed by atoms with Gasteiger partial charge in [0, 0.05) is 18.8 Å². The third-order valence-corrected chi connectivity index (χ3v) is 3.55. The van der Waals surface area contributed by atoms with E-state index in [0.717, 1.165) is 6.54 Å². The highest BCUT2D eigenvalue weighted by Gasteiger charge is 2.26. The number of hydrogen-bond acceptors (Lipinski definition) is 2. The molecule has 108 valence electrons. The minimum Gasteiger partial charge on any atom is -0.478 e. The second-order valence-electron chi connectivity index (χ2n) is 5.25. The van der Waals surface area contributed by atoms with Crippen molar-refractivity contribution >= 4 is 17.7 Å². The largest absolute Gasteiger partial charge is 0.478 e. The zero-order chi connectivity index (χ0) is 14.7. The second kappa shape index (κ2) is 5.94. The number of anilines is 1. The minimum absolute atomic E-state index is 0.123. The molecule has 1 aliphatic carbocycles. The number of carboxylic acids is 1. The third-order valence-electron chi connectivity index (χ3n) is 3.55. The molecule has 0 saturated heterocycles. The molecule has 1 aromatic carbocycles. The van der Waals surface area contributed by atoms with Crippen LogP contribution in [0.3, 0.4) is 0 Å². The summed E-state index contributed by atoms with van der Waals surface area (Å²) in [5.41, 5.74) is 1.53. The van der Waals surface area contributed by atoms with Crippen LogP contribution >= 0.6 is 0 Å². The Bertz CT molecular complexity index is 524. The van der Waals surface area contributed by atoms with Crippen LogP contribution in [0.15, 0.2) is 18.2 Å². The van der Waals surface area contributed by atoms with Gasteiger partial charge in [0.1, 0.15) is 0 Å². The molecule has 0 bridgehead atoms. The van der Waals surface area contributed by atoms with Crippen molar-refractivity contribution in [3.8, 4) is 0 Å². The molecular formula is C15H20N2O3. The van der Waals surface area contributed by atoms with E-state index in [4.69, 9.17) is 5.11 Å². The summed E-state index contributed by atoms with van der Waals surface area (Å²) >= 11 is 0. The number of amides is 2. The Hall–Kier alpha value is -2.04. The molecule has 0 atom stereocenters. The normalized spacial score (nSPS) is 13.9. The molecule has 2 N–H and O–H groups in total. The first-order valence-electron chi connectivity index (χ1n) is 6.91. The predicted molar refractivity (Wildman–Crippen MR) is 77.1 cm³/mol. The van der Waals surface area contributed by atoms with Gasteiger partial charge < -0.3 is 15.3 Å². The Morgan fingerprint density at radius 1 is 1.40 bits per heavy atom. The second-order valence-corrected chi connectivity index (χ2v) is 5.25. The van der Waals surface area contributed by atoms with Crippen molar-refractivity contribution < 1.29 is 14.7 Å². The van der Waals surface area contributed by atoms with Crippen molar-refractivity contribution in [3.05, 3.63) is 29.3 Å². The number of benzene rings is 1. The number of nitrogens with one attached hydrogen (secondary N) is 1. The van der Waals surface area contributed by atoms with Gasteiger partial charge in [-0.15, -0.1) is 0 Å². The van der Waals surface area contributed by atoms with Crippen molar-refractivity contribution in [3.63, 3.8) is 0 Å². The quantitative estimate of drug-likeness (QED) is 0.868. The number of carboxylic acid groups (broad SMARTS) is 1. The lowest BCUT2D eigenvalue weighted by Gasteiger charge is -2.21. The summed E-state index contributed by atoms with van der Waals surface area (Å²) in [4.78, 5) is 24.9. The Labute approximate surface area is 118 Å². The van der Waals surface area contributed by atoms with E-state index >= 15 is 0 Å². The Morgan fingerprint density at radius 2 is 2.10 bits per heavy atom. The van der Waals surface area contributed by atoms with Crippen LogP contribution < -0.4 is 5.32 Å². The molecule has 0 heterocycles. The van der Waals surface area contributed by atoms with Gasteiger partial charge in [0.2, 0.25) is 0 Å². The van der Waals surface area contributed by atoms with Gasteiger partial charge >= 0.3 is 12.0 Å². The number of carbonyl (C=O) groups excluding carboxylic acids is 1. The zero-order valence-electron chi connectivity index (χ0n) is 11.8. The highest BCUT2D eigenvalue weighted by molar-refractivity contribution is 5.92. The molecule has 20 heavy (non-hydrogen) atoms. The third kappa shape index (κ3) is 3.50. The number of hydrogen-bond donors (Lipinski definition) is 2. The molecule has 0 radical (unpaired) electrons. The van der Waals surface area contributed by atoms with Gasteiger partial charge in [-0.3, -0.25) is 0 Å². The molecule has 0 aliphatic heterocycles.